The van der Waals surface area contributed by atoms with Gasteiger partial charge in [-0.15, -0.1) is 31.5 Å². The monoisotopic (exact) mass is 668 g/mol. The first-order valence-electron chi connectivity index (χ1n) is 8.98. The molecule has 0 unspecified atom stereocenters. The van der Waals surface area contributed by atoms with Crippen LogP contribution in [0.4, 0.5) is 0 Å². The van der Waals surface area contributed by atoms with Gasteiger partial charge in [0.1, 0.15) is 0 Å². The SMILES string of the molecule is Clc1ccc(-c2c(-c3ccccc3)n(-c3ccccn3)c(B(Br)Br)[n+]2B(Br)Br)cc1. The number of hydrogen-bond donors (Lipinski definition) is 0. The first-order chi connectivity index (χ1) is 14.5. The van der Waals surface area contributed by atoms with E-state index in [4.69, 9.17) is 11.6 Å². The molecular formula is C20H13B2Br4ClN3+. The van der Waals surface area contributed by atoms with E-state index in [0.717, 1.165) is 34.1 Å². The quantitative estimate of drug-likeness (QED) is 0.230. The summed E-state index contributed by atoms with van der Waals surface area (Å²) >= 11 is 21.1. The van der Waals surface area contributed by atoms with Crippen molar-refractivity contribution < 1.29 is 4.48 Å². The van der Waals surface area contributed by atoms with Gasteiger partial charge < -0.3 is 0 Å². The van der Waals surface area contributed by atoms with Crippen LogP contribution >= 0.6 is 74.6 Å². The summed E-state index contributed by atoms with van der Waals surface area (Å²) in [4.78, 5) is 4.66. The molecule has 0 aliphatic rings. The van der Waals surface area contributed by atoms with Crippen molar-refractivity contribution in [2.45, 2.75) is 0 Å². The molecule has 0 aliphatic carbocycles. The Labute approximate surface area is 213 Å². The number of pyridine rings is 1. The van der Waals surface area contributed by atoms with Crippen LogP contribution in [-0.4, -0.2) is 18.4 Å². The van der Waals surface area contributed by atoms with Crippen molar-refractivity contribution in [1.82, 2.24) is 9.55 Å². The molecule has 0 fully saturated rings. The zero-order valence-electron chi connectivity index (χ0n) is 15.4. The van der Waals surface area contributed by atoms with Gasteiger partial charge in [-0.3, -0.25) is 4.48 Å². The second-order valence-electron chi connectivity index (χ2n) is 6.40. The van der Waals surface area contributed by atoms with E-state index in [1.807, 2.05) is 60.7 Å². The van der Waals surface area contributed by atoms with Crippen LogP contribution in [-0.2, 0) is 0 Å². The lowest BCUT2D eigenvalue weighted by atomic mass is 10.0. The molecule has 0 radical (unpaired) electrons. The van der Waals surface area contributed by atoms with Gasteiger partial charge >= 0.3 is 8.86 Å². The maximum absolute atomic E-state index is 6.19. The predicted octanol–water partition coefficient (Wildman–Crippen LogP) is 6.26. The van der Waals surface area contributed by atoms with E-state index < -0.39 is 0 Å². The molecule has 4 rings (SSSR count). The maximum Gasteiger partial charge on any atom is 0.531 e. The molecular weight excluding hydrogens is 659 g/mol. The Kier molecular flexibility index (Phi) is 7.25. The molecule has 0 bridgehead atoms. The molecule has 0 amide bonds. The van der Waals surface area contributed by atoms with Crippen LogP contribution in [0.15, 0.2) is 79.0 Å². The maximum atomic E-state index is 6.19. The zero-order chi connectivity index (χ0) is 21.3. The molecule has 2 aromatic carbocycles. The zero-order valence-corrected chi connectivity index (χ0v) is 22.5. The number of imidazole rings is 1. The predicted molar refractivity (Wildman–Crippen MR) is 142 cm³/mol. The van der Waals surface area contributed by atoms with Crippen molar-refractivity contribution in [3.05, 3.63) is 84.0 Å². The van der Waals surface area contributed by atoms with Gasteiger partial charge in [0.15, 0.2) is 11.4 Å². The molecule has 0 aliphatic heterocycles. The minimum absolute atomic E-state index is 0.131. The summed E-state index contributed by atoms with van der Waals surface area (Å²) < 4.78 is 4.07. The van der Waals surface area contributed by atoms with Crippen LogP contribution in [0.3, 0.4) is 0 Å². The van der Waals surface area contributed by atoms with Gasteiger partial charge in [-0.05, 0) is 30.3 Å². The van der Waals surface area contributed by atoms with Crippen molar-refractivity contribution >= 4 is 89.2 Å². The fraction of sp³-hybridized carbons (Fsp3) is 0. The number of rotatable bonds is 5. The summed E-state index contributed by atoms with van der Waals surface area (Å²) in [6, 6.07) is 24.1. The Morgan fingerprint density at radius 2 is 1.47 bits per heavy atom. The molecule has 0 spiro atoms. The molecule has 0 saturated carbocycles. The second kappa shape index (κ2) is 9.74. The highest BCUT2D eigenvalue weighted by Crippen LogP contribution is 2.33. The topological polar surface area (TPSA) is 21.7 Å². The average molecular weight is 672 g/mol. The molecule has 0 saturated heterocycles. The Morgan fingerprint density at radius 1 is 0.800 bits per heavy atom. The van der Waals surface area contributed by atoms with E-state index >= 15 is 0 Å². The summed E-state index contributed by atoms with van der Waals surface area (Å²) in [5.41, 5.74) is 5.14. The summed E-state index contributed by atoms with van der Waals surface area (Å²) in [5.74, 6) is 0.824. The Hall–Kier alpha value is -0.860. The van der Waals surface area contributed by atoms with E-state index in [1.54, 1.807) is 6.20 Å². The lowest BCUT2D eigenvalue weighted by Gasteiger charge is -2.06. The van der Waals surface area contributed by atoms with Crippen molar-refractivity contribution in [2.24, 2.45) is 0 Å². The smallest absolute Gasteiger partial charge is 0.277 e. The van der Waals surface area contributed by atoms with E-state index in [9.17, 15) is 0 Å². The first-order valence-corrected chi connectivity index (χ1v) is 13.0. The van der Waals surface area contributed by atoms with Crippen LogP contribution in [0.25, 0.3) is 28.3 Å². The largest absolute Gasteiger partial charge is 0.531 e. The third-order valence-electron chi connectivity index (χ3n) is 4.60. The van der Waals surface area contributed by atoms with Crippen molar-refractivity contribution in [1.29, 1.82) is 0 Å². The highest BCUT2D eigenvalue weighted by atomic mass is 79.9. The number of aromatic nitrogens is 3. The minimum Gasteiger partial charge on any atom is -0.277 e. The fourth-order valence-corrected chi connectivity index (χ4v) is 5.23. The van der Waals surface area contributed by atoms with Gasteiger partial charge in [0, 0.05) is 28.4 Å². The Bertz CT molecular complexity index is 1150. The van der Waals surface area contributed by atoms with Gasteiger partial charge in [0.05, 0.1) is 0 Å². The molecule has 0 N–H and O–H groups in total. The third kappa shape index (κ3) is 4.37. The standard InChI is InChI=1S/C20H13B2Br4ClN3/c23-21(24)20-29(17-8-4-5-13-28-17)18(14-6-2-1-3-7-14)19(30(20)22(25)26)15-9-11-16(27)12-10-15/h1-13H/q+1. The fourth-order valence-electron chi connectivity index (χ4n) is 3.42. The van der Waals surface area contributed by atoms with Crippen molar-refractivity contribution in [2.75, 3.05) is 0 Å². The average Bonchev–Trinajstić information content (AvgIpc) is 3.12. The van der Waals surface area contributed by atoms with Crippen LogP contribution in [0.5, 0.6) is 0 Å². The molecule has 4 aromatic rings. The summed E-state index contributed by atoms with van der Waals surface area (Å²) in [6.45, 7) is 0. The highest BCUT2D eigenvalue weighted by Gasteiger charge is 2.41. The van der Waals surface area contributed by atoms with Gasteiger partial charge in [-0.2, -0.15) is 4.57 Å². The van der Waals surface area contributed by atoms with E-state index in [1.165, 1.54) is 0 Å². The molecule has 2 aromatic heterocycles. The second-order valence-corrected chi connectivity index (χ2v) is 12.9. The number of halogens is 5. The van der Waals surface area contributed by atoms with Gasteiger partial charge in [0.2, 0.25) is 11.5 Å². The van der Waals surface area contributed by atoms with Gasteiger partial charge in [-0.25, -0.2) is 4.98 Å². The van der Waals surface area contributed by atoms with Crippen molar-refractivity contribution in [3.63, 3.8) is 0 Å². The Balaban J connectivity index is 2.19. The summed E-state index contributed by atoms with van der Waals surface area (Å²) in [5, 5.41) is 0.698. The number of benzene rings is 2. The Morgan fingerprint density at radius 3 is 2.03 bits per heavy atom. The highest BCUT2D eigenvalue weighted by molar-refractivity contribution is 9.49. The molecule has 3 nitrogen and oxygen atoms in total. The molecule has 30 heavy (non-hydrogen) atoms. The van der Waals surface area contributed by atoms with Crippen LogP contribution in [0, 0.1) is 0 Å². The normalized spacial score (nSPS) is 10.8. The lowest BCUT2D eigenvalue weighted by molar-refractivity contribution is -0.492. The van der Waals surface area contributed by atoms with Crippen molar-refractivity contribution in [3.8, 4) is 28.3 Å². The first kappa shape index (κ1) is 22.3. The van der Waals surface area contributed by atoms with E-state index in [0.29, 0.717) is 5.02 Å². The van der Waals surface area contributed by atoms with E-state index in [-0.39, 0.29) is 8.86 Å². The van der Waals surface area contributed by atoms with Gasteiger partial charge in [-0.1, -0.05) is 79.5 Å². The minimum atomic E-state index is -0.157. The number of hydrogen-bond acceptors (Lipinski definition) is 1. The molecule has 2 heterocycles. The van der Waals surface area contributed by atoms with Crippen LogP contribution in [0.2, 0.25) is 5.02 Å². The summed E-state index contributed by atoms with van der Waals surface area (Å²) in [6.07, 6.45) is 1.80. The number of nitrogens with zero attached hydrogens (tertiary/aromatic N) is 3. The molecule has 0 atom stereocenters. The van der Waals surface area contributed by atoms with Crippen LogP contribution < -0.4 is 10.2 Å². The van der Waals surface area contributed by atoms with Gasteiger partial charge in [0.25, 0.3) is 0 Å². The lowest BCUT2D eigenvalue weighted by Crippen LogP contribution is -2.61. The third-order valence-corrected chi connectivity index (χ3v) is 6.49. The molecule has 10 heteroatoms. The van der Waals surface area contributed by atoms with E-state index in [2.05, 4.69) is 89.2 Å². The summed E-state index contributed by atoms with van der Waals surface area (Å²) in [7, 11) is 0. The molecule has 148 valence electrons. The van der Waals surface area contributed by atoms with Crippen LogP contribution in [0.1, 0.15) is 0 Å².